The lowest BCUT2D eigenvalue weighted by Gasteiger charge is -2.22. The lowest BCUT2D eigenvalue weighted by atomic mass is 10.0. The number of hydrogen-bond acceptors (Lipinski definition) is 3. The molecule has 0 unspecified atom stereocenters. The largest absolute Gasteiger partial charge is 0.431 e. The van der Waals surface area contributed by atoms with E-state index in [2.05, 4.69) is 9.97 Å². The summed E-state index contributed by atoms with van der Waals surface area (Å²) in [7, 11) is 1.50. The van der Waals surface area contributed by atoms with Crippen molar-refractivity contribution in [2.45, 2.75) is 40.0 Å². The summed E-state index contributed by atoms with van der Waals surface area (Å²) in [6, 6.07) is 6.01. The van der Waals surface area contributed by atoms with E-state index < -0.39 is 23.6 Å². The summed E-state index contributed by atoms with van der Waals surface area (Å²) >= 11 is 0. The number of carbonyl (C=O) groups excluding carboxylic acids is 1. The molecule has 32 heavy (non-hydrogen) atoms. The van der Waals surface area contributed by atoms with Gasteiger partial charge in [-0.1, -0.05) is 26.0 Å². The number of aryl methyl sites for hydroxylation is 1. The van der Waals surface area contributed by atoms with Gasteiger partial charge in [0.15, 0.2) is 0 Å². The van der Waals surface area contributed by atoms with Gasteiger partial charge in [-0.25, -0.2) is 4.39 Å². The molecule has 0 bridgehead atoms. The number of amides is 1. The number of halogens is 4. The average molecular weight is 448 g/mol. The van der Waals surface area contributed by atoms with Gasteiger partial charge in [0.25, 0.3) is 5.91 Å². The van der Waals surface area contributed by atoms with Gasteiger partial charge in [0.1, 0.15) is 17.2 Å². The molecule has 0 N–H and O–H groups in total. The molecule has 3 rings (SSSR count). The van der Waals surface area contributed by atoms with Crippen LogP contribution < -0.4 is 0 Å². The minimum absolute atomic E-state index is 0.00467. The van der Waals surface area contributed by atoms with Crippen LogP contribution in [0.1, 0.15) is 41.4 Å². The number of hydrogen-bond donors (Lipinski definition) is 0. The van der Waals surface area contributed by atoms with Crippen LogP contribution in [0.2, 0.25) is 0 Å². The first kappa shape index (κ1) is 23.4. The number of aromatic nitrogens is 3. The van der Waals surface area contributed by atoms with Crippen LogP contribution in [0, 0.1) is 18.7 Å². The maximum absolute atomic E-state index is 13.9. The van der Waals surface area contributed by atoms with Crippen LogP contribution in [0.25, 0.3) is 11.1 Å². The van der Waals surface area contributed by atoms with Crippen LogP contribution in [-0.4, -0.2) is 32.4 Å². The fourth-order valence-electron chi connectivity index (χ4n) is 3.42. The van der Waals surface area contributed by atoms with Crippen molar-refractivity contribution >= 4 is 5.91 Å². The van der Waals surface area contributed by atoms with E-state index in [-0.39, 0.29) is 30.3 Å². The van der Waals surface area contributed by atoms with Gasteiger partial charge in [-0.3, -0.25) is 14.8 Å². The Kier molecular flexibility index (Phi) is 6.66. The lowest BCUT2D eigenvalue weighted by molar-refractivity contribution is -0.143. The lowest BCUT2D eigenvalue weighted by Crippen LogP contribution is -2.30. The Morgan fingerprint density at radius 3 is 2.31 bits per heavy atom. The summed E-state index contributed by atoms with van der Waals surface area (Å²) in [5.74, 6) is -1.26. The highest BCUT2D eigenvalue weighted by molar-refractivity contribution is 6.00. The minimum atomic E-state index is -4.66. The Bertz CT molecular complexity index is 1090. The van der Waals surface area contributed by atoms with Crippen molar-refractivity contribution in [1.29, 1.82) is 0 Å². The maximum Gasteiger partial charge on any atom is 0.431 e. The van der Waals surface area contributed by atoms with Gasteiger partial charge in [0, 0.05) is 25.4 Å². The highest BCUT2D eigenvalue weighted by atomic mass is 19.4. The second-order valence-electron chi connectivity index (χ2n) is 8.11. The summed E-state index contributed by atoms with van der Waals surface area (Å²) in [6.07, 6.45) is -1.58. The van der Waals surface area contributed by atoms with E-state index in [4.69, 9.17) is 0 Å². The maximum atomic E-state index is 13.9. The molecule has 2 heterocycles. The van der Waals surface area contributed by atoms with Gasteiger partial charge in [-0.2, -0.15) is 13.2 Å². The monoisotopic (exact) mass is 448 g/mol. The molecule has 1 amide bonds. The van der Waals surface area contributed by atoms with Crippen LogP contribution in [-0.2, 0) is 19.3 Å². The number of rotatable bonds is 6. The summed E-state index contributed by atoms with van der Waals surface area (Å²) in [5, 5.41) is 0. The van der Waals surface area contributed by atoms with E-state index in [1.165, 1.54) is 30.3 Å². The van der Waals surface area contributed by atoms with Crippen molar-refractivity contribution in [2.24, 2.45) is 5.92 Å². The van der Waals surface area contributed by atoms with Crippen molar-refractivity contribution in [3.63, 3.8) is 0 Å². The van der Waals surface area contributed by atoms with Gasteiger partial charge in [0.05, 0.1) is 24.1 Å². The molecule has 0 fully saturated rings. The third kappa shape index (κ3) is 5.15. The van der Waals surface area contributed by atoms with Gasteiger partial charge >= 0.3 is 6.18 Å². The predicted molar refractivity (Wildman–Crippen MR) is 112 cm³/mol. The van der Waals surface area contributed by atoms with Crippen molar-refractivity contribution in [3.8, 4) is 11.1 Å². The van der Waals surface area contributed by atoms with Gasteiger partial charge in [-0.05, 0) is 36.6 Å². The first-order chi connectivity index (χ1) is 15.0. The number of alkyl halides is 3. The molecule has 0 saturated carbocycles. The molecular weight excluding hydrogens is 424 g/mol. The van der Waals surface area contributed by atoms with E-state index in [1.807, 2.05) is 0 Å². The quantitative estimate of drug-likeness (QED) is 0.479. The standard InChI is InChI=1S/C23H24F4N4O/c1-14(2)12-31-20(23(25,26)27)9-19(16-5-7-17(24)8-6-16)21(31)22(32)30(4)13-18-11-28-15(3)10-29-18/h5-11,14H,12-13H2,1-4H3. The van der Waals surface area contributed by atoms with E-state index in [1.54, 1.807) is 27.0 Å². The normalized spacial score (nSPS) is 11.8. The Balaban J connectivity index is 2.13. The molecule has 0 atom stereocenters. The highest BCUT2D eigenvalue weighted by Gasteiger charge is 2.39. The van der Waals surface area contributed by atoms with E-state index >= 15 is 0 Å². The molecule has 2 aromatic heterocycles. The average Bonchev–Trinajstić information content (AvgIpc) is 3.08. The summed E-state index contributed by atoms with van der Waals surface area (Å²) in [4.78, 5) is 23.1. The third-order valence-corrected chi connectivity index (χ3v) is 4.87. The Morgan fingerprint density at radius 1 is 1.12 bits per heavy atom. The smallest absolute Gasteiger partial charge is 0.334 e. The van der Waals surface area contributed by atoms with Crippen LogP contribution in [0.5, 0.6) is 0 Å². The van der Waals surface area contributed by atoms with Gasteiger partial charge in [0.2, 0.25) is 0 Å². The van der Waals surface area contributed by atoms with Crippen LogP contribution >= 0.6 is 0 Å². The fourth-order valence-corrected chi connectivity index (χ4v) is 3.42. The first-order valence-electron chi connectivity index (χ1n) is 10.1. The van der Waals surface area contributed by atoms with Crippen molar-refractivity contribution in [3.05, 3.63) is 71.3 Å². The van der Waals surface area contributed by atoms with Crippen molar-refractivity contribution in [1.82, 2.24) is 19.4 Å². The molecule has 0 saturated heterocycles. The minimum Gasteiger partial charge on any atom is -0.334 e. The van der Waals surface area contributed by atoms with Gasteiger partial charge < -0.3 is 9.47 Å². The zero-order valence-corrected chi connectivity index (χ0v) is 18.2. The number of nitrogens with zero attached hydrogens (tertiary/aromatic N) is 4. The molecule has 0 aliphatic carbocycles. The highest BCUT2D eigenvalue weighted by Crippen LogP contribution is 2.38. The van der Waals surface area contributed by atoms with Crippen LogP contribution in [0.4, 0.5) is 17.6 Å². The molecule has 0 aliphatic heterocycles. The van der Waals surface area contributed by atoms with E-state index in [0.29, 0.717) is 17.0 Å². The molecule has 5 nitrogen and oxygen atoms in total. The van der Waals surface area contributed by atoms with Crippen LogP contribution in [0.3, 0.4) is 0 Å². The summed E-state index contributed by atoms with van der Waals surface area (Å²) < 4.78 is 56.1. The zero-order valence-electron chi connectivity index (χ0n) is 18.2. The molecule has 1 aromatic carbocycles. The fraction of sp³-hybridized carbons (Fsp3) is 0.348. The van der Waals surface area contributed by atoms with Crippen molar-refractivity contribution < 1.29 is 22.4 Å². The molecule has 0 spiro atoms. The van der Waals surface area contributed by atoms with E-state index in [9.17, 15) is 22.4 Å². The molecule has 3 aromatic rings. The van der Waals surface area contributed by atoms with Crippen molar-refractivity contribution in [2.75, 3.05) is 7.05 Å². The Labute approximate surface area is 183 Å². The zero-order chi connectivity index (χ0) is 23.6. The molecule has 170 valence electrons. The number of benzene rings is 1. The van der Waals surface area contributed by atoms with Gasteiger partial charge in [-0.15, -0.1) is 0 Å². The molecular formula is C23H24F4N4O. The Hall–Kier alpha value is -3.23. The predicted octanol–water partition coefficient (Wildman–Crippen LogP) is 5.34. The number of carbonyl (C=O) groups is 1. The summed E-state index contributed by atoms with van der Waals surface area (Å²) in [6.45, 7) is 5.39. The second kappa shape index (κ2) is 9.10. The first-order valence-corrected chi connectivity index (χ1v) is 10.1. The van der Waals surface area contributed by atoms with Crippen LogP contribution in [0.15, 0.2) is 42.7 Å². The van der Waals surface area contributed by atoms with E-state index in [0.717, 1.165) is 22.8 Å². The molecule has 0 radical (unpaired) electrons. The molecule has 0 aliphatic rings. The second-order valence-corrected chi connectivity index (χ2v) is 8.11. The SMILES string of the molecule is Cc1cnc(CN(C)C(=O)c2c(-c3ccc(F)cc3)cc(C(F)(F)F)n2CC(C)C)cn1. The molecule has 9 heteroatoms. The topological polar surface area (TPSA) is 51.0 Å². The third-order valence-electron chi connectivity index (χ3n) is 4.87. The Morgan fingerprint density at radius 2 is 1.78 bits per heavy atom. The summed E-state index contributed by atoms with van der Waals surface area (Å²) in [5.41, 5.74) is 0.628.